The Kier molecular flexibility index (Phi) is 3.43. The molecule has 0 unspecified atom stereocenters. The van der Waals surface area contributed by atoms with Gasteiger partial charge in [0.25, 0.3) is 0 Å². The van der Waals surface area contributed by atoms with Crippen LogP contribution in [0.3, 0.4) is 0 Å². The molecule has 0 saturated carbocycles. The van der Waals surface area contributed by atoms with E-state index in [1.54, 1.807) is 30.3 Å². The van der Waals surface area contributed by atoms with E-state index < -0.39 is 15.7 Å². The zero-order valence-electron chi connectivity index (χ0n) is 13.0. The quantitative estimate of drug-likeness (QED) is 0.523. The molecule has 0 fully saturated rings. The van der Waals surface area contributed by atoms with Crippen molar-refractivity contribution in [3.8, 4) is 28.4 Å². The van der Waals surface area contributed by atoms with E-state index in [2.05, 4.69) is 0 Å². The average molecular weight is 360 g/mol. The van der Waals surface area contributed by atoms with Crippen LogP contribution in [0.4, 0.5) is 0 Å². The van der Waals surface area contributed by atoms with Crippen molar-refractivity contribution in [3.05, 3.63) is 52.9 Å². The zero-order valence-corrected chi connectivity index (χ0v) is 13.8. The fourth-order valence-electron chi connectivity index (χ4n) is 2.58. The lowest BCUT2D eigenvalue weighted by atomic mass is 10.1. The van der Waals surface area contributed by atoms with Crippen LogP contribution >= 0.6 is 0 Å². The first kappa shape index (κ1) is 15.5. The molecule has 25 heavy (non-hydrogen) atoms. The minimum absolute atomic E-state index is 0.0778. The molecular weight excluding hydrogens is 348 g/mol. The minimum atomic E-state index is -3.66. The van der Waals surface area contributed by atoms with Gasteiger partial charge >= 0.3 is 15.7 Å². The van der Waals surface area contributed by atoms with Crippen LogP contribution in [0.25, 0.3) is 22.1 Å². The SMILES string of the molecule is CS(=O)(=O)Oc1ccc2cc(-c3ccc4c(c3)OCO4)c(=O)oc2c1. The Morgan fingerprint density at radius 1 is 1.00 bits per heavy atom. The van der Waals surface area contributed by atoms with Crippen LogP contribution in [0.1, 0.15) is 0 Å². The van der Waals surface area contributed by atoms with Crippen LogP contribution < -0.4 is 19.3 Å². The molecule has 0 saturated heterocycles. The second kappa shape index (κ2) is 5.52. The lowest BCUT2D eigenvalue weighted by molar-refractivity contribution is 0.174. The summed E-state index contributed by atoms with van der Waals surface area (Å²) >= 11 is 0. The summed E-state index contributed by atoms with van der Waals surface area (Å²) in [4.78, 5) is 12.3. The molecule has 7 nitrogen and oxygen atoms in total. The van der Waals surface area contributed by atoms with E-state index in [1.165, 1.54) is 12.1 Å². The van der Waals surface area contributed by atoms with Gasteiger partial charge in [-0.2, -0.15) is 8.42 Å². The Labute approximate surface area is 142 Å². The van der Waals surface area contributed by atoms with Crippen molar-refractivity contribution in [1.82, 2.24) is 0 Å². The van der Waals surface area contributed by atoms with Gasteiger partial charge in [-0.15, -0.1) is 0 Å². The maximum absolute atomic E-state index is 12.3. The molecule has 1 aliphatic rings. The van der Waals surface area contributed by atoms with Crippen molar-refractivity contribution in [2.24, 2.45) is 0 Å². The van der Waals surface area contributed by atoms with E-state index >= 15 is 0 Å². The Morgan fingerprint density at radius 2 is 1.80 bits per heavy atom. The average Bonchev–Trinajstić information content (AvgIpc) is 3.00. The van der Waals surface area contributed by atoms with E-state index in [9.17, 15) is 13.2 Å². The predicted octanol–water partition coefficient (Wildman–Crippen LogP) is 2.53. The third-order valence-electron chi connectivity index (χ3n) is 3.64. The van der Waals surface area contributed by atoms with E-state index in [0.29, 0.717) is 28.0 Å². The van der Waals surface area contributed by atoms with Crippen molar-refractivity contribution in [2.45, 2.75) is 0 Å². The van der Waals surface area contributed by atoms with Crippen LogP contribution in [0.15, 0.2) is 51.7 Å². The number of ether oxygens (including phenoxy) is 2. The molecule has 1 aliphatic heterocycles. The molecule has 0 N–H and O–H groups in total. The molecule has 128 valence electrons. The van der Waals surface area contributed by atoms with Crippen molar-refractivity contribution in [3.63, 3.8) is 0 Å². The fraction of sp³-hybridized carbons (Fsp3) is 0.118. The molecular formula is C17H12O7S. The van der Waals surface area contributed by atoms with Gasteiger partial charge in [-0.3, -0.25) is 0 Å². The molecule has 1 aromatic heterocycles. The summed E-state index contributed by atoms with van der Waals surface area (Å²) in [5.41, 5.74) is 0.678. The summed E-state index contributed by atoms with van der Waals surface area (Å²) in [6, 6.07) is 11.3. The van der Waals surface area contributed by atoms with Crippen LogP contribution in [-0.4, -0.2) is 21.5 Å². The Hall–Kier alpha value is -3.00. The van der Waals surface area contributed by atoms with Gasteiger partial charge in [-0.05, 0) is 35.9 Å². The first-order valence-electron chi connectivity index (χ1n) is 7.26. The largest absolute Gasteiger partial charge is 0.454 e. The molecule has 0 amide bonds. The highest BCUT2D eigenvalue weighted by Crippen LogP contribution is 2.35. The maximum atomic E-state index is 12.3. The number of rotatable bonds is 3. The van der Waals surface area contributed by atoms with Crippen LogP contribution in [0.2, 0.25) is 0 Å². The summed E-state index contributed by atoms with van der Waals surface area (Å²) in [5, 5.41) is 0.633. The first-order valence-corrected chi connectivity index (χ1v) is 9.08. The molecule has 3 aromatic rings. The third kappa shape index (κ3) is 3.03. The Morgan fingerprint density at radius 3 is 2.60 bits per heavy atom. The van der Waals surface area contributed by atoms with Crippen molar-refractivity contribution < 1.29 is 26.5 Å². The van der Waals surface area contributed by atoms with Crippen molar-refractivity contribution >= 4 is 21.1 Å². The smallest absolute Gasteiger partial charge is 0.344 e. The number of hydrogen-bond acceptors (Lipinski definition) is 7. The number of hydrogen-bond donors (Lipinski definition) is 0. The molecule has 0 atom stereocenters. The second-order valence-corrected chi connectivity index (χ2v) is 7.08. The van der Waals surface area contributed by atoms with Gasteiger partial charge in [0.2, 0.25) is 6.79 Å². The molecule has 4 rings (SSSR count). The zero-order chi connectivity index (χ0) is 17.6. The summed E-state index contributed by atoms with van der Waals surface area (Å²) in [5.74, 6) is 1.26. The molecule has 0 bridgehead atoms. The maximum Gasteiger partial charge on any atom is 0.344 e. The standard InChI is InChI=1S/C17H12O7S/c1-25(19,20)24-12-4-2-11-6-13(17(18)23-15(11)8-12)10-3-5-14-16(7-10)22-9-21-14/h2-8H,9H2,1H3. The highest BCUT2D eigenvalue weighted by atomic mass is 32.2. The molecule has 2 heterocycles. The summed E-state index contributed by atoms with van der Waals surface area (Å²) in [6.07, 6.45) is 0.941. The van der Waals surface area contributed by atoms with Gasteiger partial charge in [0, 0.05) is 11.5 Å². The van der Waals surface area contributed by atoms with Gasteiger partial charge < -0.3 is 18.1 Å². The number of fused-ring (bicyclic) bond motifs is 2. The predicted molar refractivity (Wildman–Crippen MR) is 89.5 cm³/mol. The van der Waals surface area contributed by atoms with Crippen LogP contribution in [-0.2, 0) is 10.1 Å². The molecule has 2 aromatic carbocycles. The molecule has 0 spiro atoms. The Bertz CT molecular complexity index is 1150. The van der Waals surface area contributed by atoms with Gasteiger partial charge in [-0.1, -0.05) is 6.07 Å². The molecule has 0 aliphatic carbocycles. The highest BCUT2D eigenvalue weighted by Gasteiger charge is 2.16. The Balaban J connectivity index is 1.80. The summed E-state index contributed by atoms with van der Waals surface area (Å²) in [7, 11) is -3.66. The third-order valence-corrected chi connectivity index (χ3v) is 4.13. The van der Waals surface area contributed by atoms with E-state index in [4.69, 9.17) is 18.1 Å². The normalized spacial score (nSPS) is 13.2. The monoisotopic (exact) mass is 360 g/mol. The van der Waals surface area contributed by atoms with Gasteiger partial charge in [0.1, 0.15) is 11.3 Å². The van der Waals surface area contributed by atoms with Gasteiger partial charge in [0.15, 0.2) is 11.5 Å². The lowest BCUT2D eigenvalue weighted by Gasteiger charge is -2.06. The van der Waals surface area contributed by atoms with Crippen LogP contribution in [0, 0.1) is 0 Å². The number of benzene rings is 2. The van der Waals surface area contributed by atoms with E-state index in [-0.39, 0.29) is 18.1 Å². The van der Waals surface area contributed by atoms with Crippen molar-refractivity contribution in [1.29, 1.82) is 0 Å². The van der Waals surface area contributed by atoms with Crippen molar-refractivity contribution in [2.75, 3.05) is 13.0 Å². The van der Waals surface area contributed by atoms with Crippen LogP contribution in [0.5, 0.6) is 17.2 Å². The van der Waals surface area contributed by atoms with E-state index in [1.807, 2.05) is 0 Å². The summed E-state index contributed by atoms with van der Waals surface area (Å²) < 4.78 is 43.1. The second-order valence-electron chi connectivity index (χ2n) is 5.50. The fourth-order valence-corrected chi connectivity index (χ4v) is 3.04. The molecule has 0 radical (unpaired) electrons. The highest BCUT2D eigenvalue weighted by molar-refractivity contribution is 7.86. The minimum Gasteiger partial charge on any atom is -0.454 e. The topological polar surface area (TPSA) is 92.0 Å². The van der Waals surface area contributed by atoms with E-state index in [0.717, 1.165) is 6.26 Å². The lowest BCUT2D eigenvalue weighted by Crippen LogP contribution is -2.06. The first-order chi connectivity index (χ1) is 11.9. The summed E-state index contributed by atoms with van der Waals surface area (Å²) in [6.45, 7) is 0.147. The van der Waals surface area contributed by atoms with Gasteiger partial charge in [0.05, 0.1) is 11.8 Å². The molecule has 8 heteroatoms. The van der Waals surface area contributed by atoms with Gasteiger partial charge in [-0.25, -0.2) is 4.79 Å².